The Balaban J connectivity index is 2.38. The fourth-order valence-corrected chi connectivity index (χ4v) is 1.75. The number of aromatic nitrogens is 1. The highest BCUT2D eigenvalue weighted by atomic mass is 16.5. The molecule has 0 fully saturated rings. The van der Waals surface area contributed by atoms with Gasteiger partial charge in [-0.1, -0.05) is 6.58 Å². The van der Waals surface area contributed by atoms with Crippen LogP contribution in [0.5, 0.6) is 5.75 Å². The molecular formula is C12H9NO. The number of hydrogen-bond donors (Lipinski definition) is 1. The van der Waals surface area contributed by atoms with Crippen molar-refractivity contribution < 1.29 is 4.74 Å². The zero-order valence-electron chi connectivity index (χ0n) is 7.58. The van der Waals surface area contributed by atoms with Crippen LogP contribution in [0.15, 0.2) is 42.8 Å². The minimum atomic E-state index is 0.687. The van der Waals surface area contributed by atoms with E-state index in [1.165, 1.54) is 5.39 Å². The highest BCUT2D eigenvalue weighted by Gasteiger charge is 2.11. The quantitative estimate of drug-likeness (QED) is 0.667. The number of allylic oxidation sites excluding steroid dienone is 1. The first-order valence-corrected chi connectivity index (χ1v) is 4.49. The van der Waals surface area contributed by atoms with Crippen LogP contribution in [-0.4, -0.2) is 4.98 Å². The van der Waals surface area contributed by atoms with Crippen molar-refractivity contribution in [2.45, 2.75) is 0 Å². The molecule has 14 heavy (non-hydrogen) atoms. The second-order valence-electron chi connectivity index (χ2n) is 3.32. The van der Waals surface area contributed by atoms with E-state index in [1.807, 2.05) is 30.5 Å². The maximum absolute atomic E-state index is 5.51. The van der Waals surface area contributed by atoms with E-state index >= 15 is 0 Å². The van der Waals surface area contributed by atoms with Crippen molar-refractivity contribution in [1.29, 1.82) is 0 Å². The lowest BCUT2D eigenvalue weighted by Gasteiger charge is -2.13. The monoisotopic (exact) mass is 183 g/mol. The van der Waals surface area contributed by atoms with Crippen molar-refractivity contribution >= 4 is 17.0 Å². The van der Waals surface area contributed by atoms with Gasteiger partial charge in [-0.25, -0.2) is 0 Å². The van der Waals surface area contributed by atoms with Crippen molar-refractivity contribution in [2.24, 2.45) is 0 Å². The number of fused-ring (bicyclic) bond motifs is 3. The average Bonchev–Trinajstić information content (AvgIpc) is 2.65. The van der Waals surface area contributed by atoms with Gasteiger partial charge in [-0.05, 0) is 30.4 Å². The molecule has 3 rings (SSSR count). The van der Waals surface area contributed by atoms with Crippen LogP contribution in [0, 0.1) is 0 Å². The number of H-pyrrole nitrogens is 1. The number of aromatic amines is 1. The van der Waals surface area contributed by atoms with Crippen molar-refractivity contribution in [1.82, 2.24) is 4.98 Å². The fraction of sp³-hybridized carbons (Fsp3) is 0. The van der Waals surface area contributed by atoms with Gasteiger partial charge in [0.2, 0.25) is 0 Å². The number of nitrogens with one attached hydrogen (secondary N) is 1. The Kier molecular flexibility index (Phi) is 1.34. The molecule has 1 aliphatic rings. The van der Waals surface area contributed by atoms with Gasteiger partial charge in [0.1, 0.15) is 11.5 Å². The molecule has 0 saturated heterocycles. The molecule has 0 unspecified atom stereocenters. The number of benzene rings is 1. The smallest absolute Gasteiger partial charge is 0.135 e. The van der Waals surface area contributed by atoms with E-state index in [0.29, 0.717) is 5.76 Å². The second-order valence-corrected chi connectivity index (χ2v) is 3.32. The molecule has 0 radical (unpaired) electrons. The summed E-state index contributed by atoms with van der Waals surface area (Å²) in [6.45, 7) is 3.76. The molecule has 68 valence electrons. The van der Waals surface area contributed by atoms with Gasteiger partial charge in [0.15, 0.2) is 0 Å². The first-order valence-electron chi connectivity index (χ1n) is 4.49. The second kappa shape index (κ2) is 2.51. The third-order valence-corrected chi connectivity index (χ3v) is 2.41. The van der Waals surface area contributed by atoms with Crippen LogP contribution < -0.4 is 4.74 Å². The minimum absolute atomic E-state index is 0.687. The zero-order valence-corrected chi connectivity index (χ0v) is 7.58. The molecule has 0 amide bonds. The molecule has 1 aliphatic heterocycles. The standard InChI is InChI=1S/C12H9NO/c1-8-2-3-10-9-6-7-13-11(9)4-5-12(10)14-8/h2-7,13H,1H2. The summed E-state index contributed by atoms with van der Waals surface area (Å²) in [6, 6.07) is 6.03. The van der Waals surface area contributed by atoms with Crippen LogP contribution in [0.4, 0.5) is 0 Å². The van der Waals surface area contributed by atoms with Gasteiger partial charge in [0.25, 0.3) is 0 Å². The highest BCUT2D eigenvalue weighted by Crippen LogP contribution is 2.32. The summed E-state index contributed by atoms with van der Waals surface area (Å²) in [6.07, 6.45) is 5.86. The zero-order chi connectivity index (χ0) is 9.54. The molecule has 0 atom stereocenters. The number of rotatable bonds is 0. The molecular weight excluding hydrogens is 174 g/mol. The summed E-state index contributed by atoms with van der Waals surface area (Å²) in [5.41, 5.74) is 2.25. The Labute approximate surface area is 81.5 Å². The SMILES string of the molecule is C=C1C=Cc2c(ccc3[nH]ccc23)O1. The van der Waals surface area contributed by atoms with E-state index in [9.17, 15) is 0 Å². The predicted molar refractivity (Wildman–Crippen MR) is 57.1 cm³/mol. The normalized spacial score (nSPS) is 14.1. The lowest BCUT2D eigenvalue weighted by Crippen LogP contribution is -1.97. The third-order valence-electron chi connectivity index (χ3n) is 2.41. The first kappa shape index (κ1) is 7.44. The van der Waals surface area contributed by atoms with Crippen molar-refractivity contribution in [2.75, 3.05) is 0 Å². The predicted octanol–water partition coefficient (Wildman–Crippen LogP) is 3.09. The molecule has 0 bridgehead atoms. The average molecular weight is 183 g/mol. The van der Waals surface area contributed by atoms with Crippen LogP contribution in [-0.2, 0) is 0 Å². The molecule has 0 spiro atoms. The lowest BCUT2D eigenvalue weighted by molar-refractivity contribution is 0.443. The van der Waals surface area contributed by atoms with E-state index in [-0.39, 0.29) is 0 Å². The van der Waals surface area contributed by atoms with Gasteiger partial charge in [0, 0.05) is 22.7 Å². The van der Waals surface area contributed by atoms with E-state index in [4.69, 9.17) is 4.74 Å². The summed E-state index contributed by atoms with van der Waals surface area (Å²) in [7, 11) is 0. The molecule has 1 aromatic heterocycles. The molecule has 2 heteroatoms. The van der Waals surface area contributed by atoms with Gasteiger partial charge >= 0.3 is 0 Å². The molecule has 0 saturated carbocycles. The number of hydrogen-bond acceptors (Lipinski definition) is 1. The van der Waals surface area contributed by atoms with E-state index in [0.717, 1.165) is 16.8 Å². The van der Waals surface area contributed by atoms with Crippen LogP contribution in [0.3, 0.4) is 0 Å². The molecule has 1 aromatic carbocycles. The van der Waals surface area contributed by atoms with Crippen LogP contribution in [0.25, 0.3) is 17.0 Å². The van der Waals surface area contributed by atoms with Crippen LogP contribution in [0.2, 0.25) is 0 Å². The maximum Gasteiger partial charge on any atom is 0.135 e. The molecule has 2 heterocycles. The molecule has 0 aliphatic carbocycles. The van der Waals surface area contributed by atoms with Gasteiger partial charge in [-0.2, -0.15) is 0 Å². The van der Waals surface area contributed by atoms with E-state index in [2.05, 4.69) is 17.6 Å². The van der Waals surface area contributed by atoms with Gasteiger partial charge < -0.3 is 9.72 Å². The van der Waals surface area contributed by atoms with Crippen molar-refractivity contribution in [3.63, 3.8) is 0 Å². The topological polar surface area (TPSA) is 25.0 Å². The van der Waals surface area contributed by atoms with Gasteiger partial charge in [-0.3, -0.25) is 0 Å². The van der Waals surface area contributed by atoms with E-state index < -0.39 is 0 Å². The third kappa shape index (κ3) is 0.909. The Bertz CT molecular complexity index is 548. The van der Waals surface area contributed by atoms with Gasteiger partial charge in [-0.15, -0.1) is 0 Å². The van der Waals surface area contributed by atoms with Crippen LogP contribution >= 0.6 is 0 Å². The Morgan fingerprint density at radius 3 is 3.00 bits per heavy atom. The lowest BCUT2D eigenvalue weighted by atomic mass is 10.1. The van der Waals surface area contributed by atoms with Gasteiger partial charge in [0.05, 0.1) is 0 Å². The maximum atomic E-state index is 5.51. The largest absolute Gasteiger partial charge is 0.457 e. The first-order chi connectivity index (χ1) is 6.84. The Morgan fingerprint density at radius 1 is 1.14 bits per heavy atom. The Hall–Kier alpha value is -1.96. The molecule has 2 aromatic rings. The highest BCUT2D eigenvalue weighted by molar-refractivity contribution is 5.92. The minimum Gasteiger partial charge on any atom is -0.457 e. The summed E-state index contributed by atoms with van der Waals surface area (Å²) < 4.78 is 5.51. The van der Waals surface area contributed by atoms with Crippen molar-refractivity contribution in [3.05, 3.63) is 48.4 Å². The fourth-order valence-electron chi connectivity index (χ4n) is 1.75. The molecule has 2 nitrogen and oxygen atoms in total. The van der Waals surface area contributed by atoms with Crippen molar-refractivity contribution in [3.8, 4) is 5.75 Å². The number of ether oxygens (including phenoxy) is 1. The summed E-state index contributed by atoms with van der Waals surface area (Å²) in [5.74, 6) is 1.57. The summed E-state index contributed by atoms with van der Waals surface area (Å²) in [5, 5.41) is 1.19. The Morgan fingerprint density at radius 2 is 2.07 bits per heavy atom. The summed E-state index contributed by atoms with van der Waals surface area (Å²) in [4.78, 5) is 3.17. The van der Waals surface area contributed by atoms with Crippen LogP contribution in [0.1, 0.15) is 5.56 Å². The summed E-state index contributed by atoms with van der Waals surface area (Å²) >= 11 is 0. The molecule has 1 N–H and O–H groups in total. The van der Waals surface area contributed by atoms with E-state index in [1.54, 1.807) is 0 Å².